The Morgan fingerprint density at radius 1 is 0.357 bits per heavy atom. The molecular weight excluding hydrogens is 505 g/mol. The van der Waals surface area contributed by atoms with Crippen molar-refractivity contribution < 1.29 is 0 Å². The molecule has 1 aliphatic rings. The predicted molar refractivity (Wildman–Crippen MR) is 181 cm³/mol. The lowest BCUT2D eigenvalue weighted by atomic mass is 9.33. The number of hydrogen-bond acceptors (Lipinski definition) is 1. The van der Waals surface area contributed by atoms with Gasteiger partial charge in [0.25, 0.3) is 0 Å². The van der Waals surface area contributed by atoms with Crippen molar-refractivity contribution in [2.75, 3.05) is 4.90 Å². The van der Waals surface area contributed by atoms with Gasteiger partial charge < -0.3 is 4.90 Å². The van der Waals surface area contributed by atoms with Crippen LogP contribution in [-0.2, 0) is 0 Å². The number of para-hydroxylation sites is 2. The lowest BCUT2D eigenvalue weighted by Gasteiger charge is -2.38. The van der Waals surface area contributed by atoms with Crippen molar-refractivity contribution in [1.82, 2.24) is 0 Å². The Kier molecular flexibility index (Phi) is 5.97. The van der Waals surface area contributed by atoms with Gasteiger partial charge in [-0.3, -0.25) is 0 Å². The molecule has 42 heavy (non-hydrogen) atoms. The SMILES string of the molecule is c1ccc(-c2cccc(-c3ccccc3)c2B2c3ccccc3N(c3cccc4ccccc34)c3ccccc32)cc1. The van der Waals surface area contributed by atoms with E-state index in [4.69, 9.17) is 0 Å². The first-order valence-electron chi connectivity index (χ1n) is 14.6. The normalized spacial score (nSPS) is 12.2. The van der Waals surface area contributed by atoms with Crippen molar-refractivity contribution >= 4 is 50.9 Å². The molecule has 7 aromatic carbocycles. The molecule has 1 heterocycles. The molecule has 1 aliphatic heterocycles. The second-order valence-electron chi connectivity index (χ2n) is 10.9. The number of benzene rings is 7. The highest BCUT2D eigenvalue weighted by molar-refractivity contribution is 6.99. The van der Waals surface area contributed by atoms with Crippen LogP contribution in [0.3, 0.4) is 0 Å². The van der Waals surface area contributed by atoms with Crippen LogP contribution < -0.4 is 21.3 Å². The van der Waals surface area contributed by atoms with E-state index in [1.807, 2.05) is 0 Å². The Balaban J connectivity index is 1.45. The lowest BCUT2D eigenvalue weighted by Crippen LogP contribution is -2.58. The van der Waals surface area contributed by atoms with E-state index in [2.05, 4.69) is 175 Å². The van der Waals surface area contributed by atoms with Crippen LogP contribution in [0.4, 0.5) is 17.1 Å². The van der Waals surface area contributed by atoms with Gasteiger partial charge in [-0.05, 0) is 56.8 Å². The number of rotatable bonds is 4. The molecule has 7 aromatic rings. The number of nitrogens with zero attached hydrogens (tertiary/aromatic N) is 1. The summed E-state index contributed by atoms with van der Waals surface area (Å²) in [5.41, 5.74) is 12.6. The van der Waals surface area contributed by atoms with Crippen molar-refractivity contribution in [2.24, 2.45) is 0 Å². The van der Waals surface area contributed by atoms with Crippen LogP contribution in [0.5, 0.6) is 0 Å². The Morgan fingerprint density at radius 2 is 0.810 bits per heavy atom. The zero-order chi connectivity index (χ0) is 27.9. The number of hydrogen-bond donors (Lipinski definition) is 0. The molecule has 0 aromatic heterocycles. The summed E-state index contributed by atoms with van der Waals surface area (Å²) in [6.07, 6.45) is 0. The summed E-state index contributed by atoms with van der Waals surface area (Å²) >= 11 is 0. The van der Waals surface area contributed by atoms with Gasteiger partial charge in [-0.25, -0.2) is 0 Å². The molecule has 0 saturated heterocycles. The Hall–Kier alpha value is -5.34. The minimum Gasteiger partial charge on any atom is -0.311 e. The first-order chi connectivity index (χ1) is 20.9. The molecule has 0 N–H and O–H groups in total. The largest absolute Gasteiger partial charge is 0.311 e. The van der Waals surface area contributed by atoms with Crippen LogP contribution in [0.1, 0.15) is 0 Å². The molecule has 2 heteroatoms. The van der Waals surface area contributed by atoms with Crippen LogP contribution in [0.15, 0.2) is 170 Å². The number of anilines is 3. The third-order valence-electron chi connectivity index (χ3n) is 8.55. The maximum atomic E-state index is 2.47. The summed E-state index contributed by atoms with van der Waals surface area (Å²) in [5, 5.41) is 2.49. The highest BCUT2D eigenvalue weighted by atomic mass is 15.2. The van der Waals surface area contributed by atoms with Crippen LogP contribution in [0.25, 0.3) is 33.0 Å². The van der Waals surface area contributed by atoms with Crippen molar-refractivity contribution in [1.29, 1.82) is 0 Å². The van der Waals surface area contributed by atoms with Gasteiger partial charge in [0.2, 0.25) is 6.71 Å². The van der Waals surface area contributed by atoms with Crippen molar-refractivity contribution in [3.63, 3.8) is 0 Å². The van der Waals surface area contributed by atoms with E-state index >= 15 is 0 Å². The summed E-state index contributed by atoms with van der Waals surface area (Å²) in [4.78, 5) is 2.47. The third-order valence-corrected chi connectivity index (χ3v) is 8.55. The third kappa shape index (κ3) is 3.96. The fraction of sp³-hybridized carbons (Fsp3) is 0. The first kappa shape index (κ1) is 24.5. The monoisotopic (exact) mass is 533 g/mol. The first-order valence-corrected chi connectivity index (χ1v) is 14.6. The standard InChI is InChI=1S/C40H28BN/c1-3-15-30(16-4-1)33-22-14-23-34(31-17-5-2-6-18-31)40(33)41-35-24-9-11-26-38(35)42(39-27-12-10-25-36(39)41)37-28-13-20-29-19-7-8-21-32(29)37/h1-28H. The molecule has 0 spiro atoms. The molecule has 0 saturated carbocycles. The van der Waals surface area contributed by atoms with Crippen molar-refractivity contribution in [3.8, 4) is 22.3 Å². The van der Waals surface area contributed by atoms with Gasteiger partial charge in [-0.1, -0.05) is 157 Å². The molecule has 0 unspecified atom stereocenters. The quantitative estimate of drug-likeness (QED) is 0.205. The zero-order valence-electron chi connectivity index (χ0n) is 23.2. The van der Waals surface area contributed by atoms with E-state index in [0.29, 0.717) is 0 Å². The van der Waals surface area contributed by atoms with Gasteiger partial charge in [-0.15, -0.1) is 0 Å². The smallest absolute Gasteiger partial charge is 0.248 e. The molecule has 0 fully saturated rings. The number of fused-ring (bicyclic) bond motifs is 3. The summed E-state index contributed by atoms with van der Waals surface area (Å²) in [5.74, 6) is 0. The van der Waals surface area contributed by atoms with E-state index < -0.39 is 0 Å². The minimum atomic E-state index is 0.0511. The fourth-order valence-corrected chi connectivity index (χ4v) is 6.76. The molecule has 8 rings (SSSR count). The summed E-state index contributed by atoms with van der Waals surface area (Å²) < 4.78 is 0. The van der Waals surface area contributed by atoms with E-state index in [1.54, 1.807) is 0 Å². The maximum Gasteiger partial charge on any atom is 0.248 e. The highest BCUT2D eigenvalue weighted by Crippen LogP contribution is 2.40. The molecule has 0 amide bonds. The van der Waals surface area contributed by atoms with Gasteiger partial charge in [0.1, 0.15) is 0 Å². The zero-order valence-corrected chi connectivity index (χ0v) is 23.2. The molecule has 196 valence electrons. The summed E-state index contributed by atoms with van der Waals surface area (Å²) in [7, 11) is 0. The van der Waals surface area contributed by atoms with E-state index in [9.17, 15) is 0 Å². The van der Waals surface area contributed by atoms with E-state index in [-0.39, 0.29) is 6.71 Å². The molecule has 1 nitrogen and oxygen atoms in total. The van der Waals surface area contributed by atoms with Crippen molar-refractivity contribution in [3.05, 3.63) is 170 Å². The second kappa shape index (κ2) is 10.2. The van der Waals surface area contributed by atoms with Gasteiger partial charge in [0.05, 0.1) is 5.69 Å². The van der Waals surface area contributed by atoms with Crippen LogP contribution in [0.2, 0.25) is 0 Å². The van der Waals surface area contributed by atoms with Crippen LogP contribution >= 0.6 is 0 Å². The molecule has 0 bridgehead atoms. The molecule has 0 aliphatic carbocycles. The van der Waals surface area contributed by atoms with Gasteiger partial charge in [-0.2, -0.15) is 0 Å². The van der Waals surface area contributed by atoms with Gasteiger partial charge in [0, 0.05) is 16.8 Å². The van der Waals surface area contributed by atoms with Crippen LogP contribution in [0, 0.1) is 0 Å². The highest BCUT2D eigenvalue weighted by Gasteiger charge is 2.37. The molecule has 0 radical (unpaired) electrons. The molecular formula is C40H28BN. The average Bonchev–Trinajstić information content (AvgIpc) is 3.07. The fourth-order valence-electron chi connectivity index (χ4n) is 6.76. The van der Waals surface area contributed by atoms with Crippen LogP contribution in [-0.4, -0.2) is 6.71 Å². The Labute approximate surface area is 247 Å². The predicted octanol–water partition coefficient (Wildman–Crippen LogP) is 8.47. The van der Waals surface area contributed by atoms with Crippen molar-refractivity contribution in [2.45, 2.75) is 0 Å². The van der Waals surface area contributed by atoms with Gasteiger partial charge in [0.15, 0.2) is 0 Å². The summed E-state index contributed by atoms with van der Waals surface area (Å²) in [6.45, 7) is 0.0511. The van der Waals surface area contributed by atoms with E-state index in [1.165, 1.54) is 66.5 Å². The Bertz CT molecular complexity index is 1940. The lowest BCUT2D eigenvalue weighted by molar-refractivity contribution is 1.31. The Morgan fingerprint density at radius 3 is 1.43 bits per heavy atom. The van der Waals surface area contributed by atoms with Gasteiger partial charge >= 0.3 is 0 Å². The minimum absolute atomic E-state index is 0.0511. The van der Waals surface area contributed by atoms with E-state index in [0.717, 1.165) is 0 Å². The maximum absolute atomic E-state index is 2.47. The average molecular weight is 533 g/mol. The summed E-state index contributed by atoms with van der Waals surface area (Å²) in [6, 6.07) is 61.7. The second-order valence-corrected chi connectivity index (χ2v) is 10.9. The molecule has 0 atom stereocenters. The topological polar surface area (TPSA) is 3.24 Å².